The van der Waals surface area contributed by atoms with Crippen LogP contribution in [0.2, 0.25) is 0 Å². The van der Waals surface area contributed by atoms with Gasteiger partial charge in [0.2, 0.25) is 5.17 Å². The predicted molar refractivity (Wildman–Crippen MR) is 139 cm³/mol. The lowest BCUT2D eigenvalue weighted by Gasteiger charge is -2.20. The van der Waals surface area contributed by atoms with Crippen molar-refractivity contribution in [3.63, 3.8) is 0 Å². The summed E-state index contributed by atoms with van der Waals surface area (Å²) in [6, 6.07) is 14.9. The van der Waals surface area contributed by atoms with Gasteiger partial charge in [0.1, 0.15) is 10.8 Å². The molecule has 2 aromatic carbocycles. The van der Waals surface area contributed by atoms with E-state index < -0.39 is 11.9 Å². The molecule has 11 heteroatoms. The molecule has 37 heavy (non-hydrogen) atoms. The van der Waals surface area contributed by atoms with E-state index in [1.54, 1.807) is 60.9 Å². The minimum Gasteiger partial charge on any atom is -0.493 e. The summed E-state index contributed by atoms with van der Waals surface area (Å²) in [5.41, 5.74) is 1.79. The van der Waals surface area contributed by atoms with Crippen molar-refractivity contribution in [2.45, 2.75) is 0 Å². The molecule has 1 N–H and O–H groups in total. The van der Waals surface area contributed by atoms with Crippen molar-refractivity contribution in [2.24, 2.45) is 10.1 Å². The van der Waals surface area contributed by atoms with Gasteiger partial charge in [-0.05, 0) is 65.9 Å². The van der Waals surface area contributed by atoms with Gasteiger partial charge in [-0.1, -0.05) is 12.1 Å². The third kappa shape index (κ3) is 4.84. The van der Waals surface area contributed by atoms with Crippen molar-refractivity contribution in [1.82, 2.24) is 9.99 Å². The zero-order valence-electron chi connectivity index (χ0n) is 19.7. The Hall–Kier alpha value is -4.77. The van der Waals surface area contributed by atoms with Gasteiger partial charge in [-0.3, -0.25) is 15.2 Å². The number of methoxy groups -OCH3 is 2. The number of pyridine rings is 1. The first-order valence-corrected chi connectivity index (χ1v) is 11.7. The van der Waals surface area contributed by atoms with Crippen LogP contribution in [0.4, 0.5) is 0 Å². The molecule has 3 aromatic rings. The van der Waals surface area contributed by atoms with Crippen LogP contribution in [0.15, 0.2) is 82.7 Å². The minimum atomic E-state index is -0.563. The van der Waals surface area contributed by atoms with Crippen LogP contribution in [0.25, 0.3) is 6.08 Å². The number of carbonyl (C=O) groups is 2. The molecule has 0 spiro atoms. The van der Waals surface area contributed by atoms with Crippen LogP contribution in [0, 0.1) is 5.41 Å². The smallest absolute Gasteiger partial charge is 0.343 e. The number of nitrogens with zero attached hydrogens (tertiary/aromatic N) is 4. The normalized spacial score (nSPS) is 15.7. The summed E-state index contributed by atoms with van der Waals surface area (Å²) in [6.07, 6.45) is 4.86. The Morgan fingerprint density at radius 1 is 1.05 bits per heavy atom. The van der Waals surface area contributed by atoms with E-state index in [1.165, 1.54) is 37.1 Å². The quantitative estimate of drug-likeness (QED) is 0.298. The minimum absolute atomic E-state index is 0.0784. The van der Waals surface area contributed by atoms with Gasteiger partial charge in [0.15, 0.2) is 17.3 Å². The number of rotatable bonds is 6. The Balaban J connectivity index is 1.31. The maximum atomic E-state index is 12.7. The number of esters is 1. The van der Waals surface area contributed by atoms with Crippen LogP contribution in [0.1, 0.15) is 21.5 Å². The fraction of sp³-hybridized carbons (Fsp3) is 0.0769. The van der Waals surface area contributed by atoms with Crippen LogP contribution in [0.5, 0.6) is 17.2 Å². The number of amides is 1. The van der Waals surface area contributed by atoms with E-state index >= 15 is 0 Å². The lowest BCUT2D eigenvalue weighted by atomic mass is 10.1. The number of carbonyl (C=O) groups excluding carboxylic acids is 2. The first-order valence-electron chi connectivity index (χ1n) is 10.9. The molecule has 0 radical (unpaired) electrons. The van der Waals surface area contributed by atoms with Gasteiger partial charge >= 0.3 is 5.97 Å². The third-order valence-corrected chi connectivity index (χ3v) is 6.34. The van der Waals surface area contributed by atoms with E-state index in [0.717, 1.165) is 5.56 Å². The Labute approximate surface area is 215 Å². The maximum absolute atomic E-state index is 12.7. The molecule has 2 aliphatic rings. The van der Waals surface area contributed by atoms with Crippen molar-refractivity contribution < 1.29 is 23.8 Å². The van der Waals surface area contributed by atoms with Crippen molar-refractivity contribution in [3.05, 3.63) is 89.3 Å². The summed E-state index contributed by atoms with van der Waals surface area (Å²) in [5.74, 6) is 0.0569. The lowest BCUT2D eigenvalue weighted by Crippen LogP contribution is -2.35. The number of hydrazone groups is 1. The number of amidine groups is 2. The second-order valence-corrected chi connectivity index (χ2v) is 8.65. The van der Waals surface area contributed by atoms with E-state index in [1.807, 2.05) is 6.07 Å². The standard InChI is InChI=1S/C26H19N5O5S/c1-34-20-10-7-16(13-21(20)35-2)25(33)36-18-8-5-15(6-9-18)12-19-22(27)31-26(29-23(19)32)37-24(30-31)17-4-3-11-28-14-17/h3-14,27H,1-2H3/b19-12-,27-22?. The van der Waals surface area contributed by atoms with Gasteiger partial charge in [-0.15, -0.1) is 0 Å². The summed E-state index contributed by atoms with van der Waals surface area (Å²) in [6.45, 7) is 0. The van der Waals surface area contributed by atoms with Crippen LogP contribution < -0.4 is 14.2 Å². The number of benzene rings is 2. The second-order valence-electron chi connectivity index (χ2n) is 7.70. The third-order valence-electron chi connectivity index (χ3n) is 5.38. The highest BCUT2D eigenvalue weighted by atomic mass is 32.2. The van der Waals surface area contributed by atoms with Gasteiger partial charge < -0.3 is 14.2 Å². The lowest BCUT2D eigenvalue weighted by molar-refractivity contribution is -0.114. The van der Waals surface area contributed by atoms with Gasteiger partial charge in [-0.25, -0.2) is 4.79 Å². The summed E-state index contributed by atoms with van der Waals surface area (Å²) >= 11 is 1.21. The van der Waals surface area contributed by atoms with Crippen molar-refractivity contribution >= 4 is 45.8 Å². The van der Waals surface area contributed by atoms with E-state index in [4.69, 9.17) is 19.6 Å². The molecule has 5 rings (SSSR count). The molecular weight excluding hydrogens is 494 g/mol. The molecule has 0 saturated carbocycles. The number of aliphatic imine (C=N–C) groups is 1. The first kappa shape index (κ1) is 23.9. The molecule has 0 atom stereocenters. The van der Waals surface area contributed by atoms with Crippen molar-refractivity contribution in [1.29, 1.82) is 5.41 Å². The molecule has 10 nitrogen and oxygen atoms in total. The number of hydrogen-bond donors (Lipinski definition) is 1. The van der Waals surface area contributed by atoms with Crippen LogP contribution in [-0.4, -0.2) is 52.1 Å². The molecular formula is C26H19N5O5S. The second kappa shape index (κ2) is 10.1. The first-order chi connectivity index (χ1) is 18.0. The Bertz CT molecular complexity index is 1500. The number of hydrogen-bond acceptors (Lipinski definition) is 9. The molecule has 2 aliphatic heterocycles. The number of aromatic nitrogens is 1. The average Bonchev–Trinajstić information content (AvgIpc) is 3.36. The number of ether oxygens (including phenoxy) is 3. The molecule has 0 aliphatic carbocycles. The summed E-state index contributed by atoms with van der Waals surface area (Å²) < 4.78 is 15.9. The fourth-order valence-electron chi connectivity index (χ4n) is 3.53. The highest BCUT2D eigenvalue weighted by molar-refractivity contribution is 8.27. The molecule has 184 valence electrons. The summed E-state index contributed by atoms with van der Waals surface area (Å²) in [5, 5.41) is 15.2. The highest BCUT2D eigenvalue weighted by Gasteiger charge is 2.36. The monoisotopic (exact) mass is 513 g/mol. The van der Waals surface area contributed by atoms with Crippen molar-refractivity contribution in [3.8, 4) is 17.2 Å². The number of fused-ring (bicyclic) bond motifs is 1. The highest BCUT2D eigenvalue weighted by Crippen LogP contribution is 2.31. The molecule has 0 bridgehead atoms. The maximum Gasteiger partial charge on any atom is 0.343 e. The zero-order valence-corrected chi connectivity index (χ0v) is 20.5. The number of nitrogens with one attached hydrogen (secondary N) is 1. The topological polar surface area (TPSA) is 127 Å². The van der Waals surface area contributed by atoms with Crippen molar-refractivity contribution in [2.75, 3.05) is 14.2 Å². The molecule has 3 heterocycles. The van der Waals surface area contributed by atoms with Crippen LogP contribution in [-0.2, 0) is 4.79 Å². The molecule has 1 amide bonds. The van der Waals surface area contributed by atoms with E-state index in [2.05, 4.69) is 15.1 Å². The van der Waals surface area contributed by atoms with Crippen LogP contribution in [0.3, 0.4) is 0 Å². The molecule has 1 aromatic heterocycles. The molecule has 0 saturated heterocycles. The van der Waals surface area contributed by atoms with Gasteiger partial charge in [-0.2, -0.15) is 15.1 Å². The van der Waals surface area contributed by atoms with E-state index in [-0.39, 0.29) is 11.4 Å². The zero-order chi connectivity index (χ0) is 25.9. The average molecular weight is 514 g/mol. The fourth-order valence-corrected chi connectivity index (χ4v) is 4.41. The van der Waals surface area contributed by atoms with Gasteiger partial charge in [0.05, 0.1) is 25.4 Å². The summed E-state index contributed by atoms with van der Waals surface area (Å²) in [4.78, 5) is 33.4. The Morgan fingerprint density at radius 2 is 1.84 bits per heavy atom. The largest absolute Gasteiger partial charge is 0.493 e. The van der Waals surface area contributed by atoms with Gasteiger partial charge in [0.25, 0.3) is 5.91 Å². The van der Waals surface area contributed by atoms with E-state index in [9.17, 15) is 9.59 Å². The molecule has 0 unspecified atom stereocenters. The van der Waals surface area contributed by atoms with Crippen LogP contribution >= 0.6 is 11.8 Å². The molecule has 0 fully saturated rings. The number of thioether (sulfide) groups is 1. The van der Waals surface area contributed by atoms with Gasteiger partial charge in [0, 0.05) is 18.0 Å². The predicted octanol–water partition coefficient (Wildman–Crippen LogP) is 3.99. The summed E-state index contributed by atoms with van der Waals surface area (Å²) in [7, 11) is 3.00. The Kier molecular flexibility index (Phi) is 6.52. The van der Waals surface area contributed by atoms with E-state index in [0.29, 0.717) is 38.6 Å². The Morgan fingerprint density at radius 3 is 2.54 bits per heavy atom. The SMILES string of the molecule is COc1ccc(C(=O)Oc2ccc(/C=C3/C(=N)N4N=C(c5cccnc5)SC4=NC3=O)cc2)cc1OC.